The summed E-state index contributed by atoms with van der Waals surface area (Å²) in [7, 11) is 0. The van der Waals surface area contributed by atoms with E-state index in [-0.39, 0.29) is 24.4 Å². The van der Waals surface area contributed by atoms with Gasteiger partial charge < -0.3 is 9.73 Å². The Balaban J connectivity index is 1.50. The largest absolute Gasteiger partial charge is 0.419 e. The van der Waals surface area contributed by atoms with E-state index in [1.165, 1.54) is 4.90 Å². The number of hydrogen-bond donors (Lipinski definition) is 1. The standard InChI is InChI=1S/C18H19BrN4O3/c1-11-6-8-18(9-7-11)16(24)23(17(25)20-18)10-14-21-22-15(26-14)12-2-4-13(19)5-3-12/h2-5,11H,6-10H2,1H3,(H,20,25). The molecule has 2 fully saturated rings. The summed E-state index contributed by atoms with van der Waals surface area (Å²) in [4.78, 5) is 26.4. The second-order valence-corrected chi connectivity index (χ2v) is 8.01. The first-order valence-corrected chi connectivity index (χ1v) is 9.49. The van der Waals surface area contributed by atoms with Crippen molar-refractivity contribution < 1.29 is 14.0 Å². The first-order chi connectivity index (χ1) is 12.5. The zero-order valence-corrected chi connectivity index (χ0v) is 16.0. The molecule has 2 aliphatic rings. The summed E-state index contributed by atoms with van der Waals surface area (Å²) < 4.78 is 6.60. The normalized spacial score (nSPS) is 25.8. The van der Waals surface area contributed by atoms with Crippen LogP contribution in [0, 0.1) is 5.92 Å². The Kier molecular flexibility index (Phi) is 4.30. The Hall–Kier alpha value is -2.22. The van der Waals surface area contributed by atoms with Crippen LogP contribution in [0.3, 0.4) is 0 Å². The number of nitrogens with one attached hydrogen (secondary N) is 1. The number of aromatic nitrogens is 2. The van der Waals surface area contributed by atoms with Crippen molar-refractivity contribution in [2.45, 2.75) is 44.7 Å². The molecule has 0 atom stereocenters. The maximum Gasteiger partial charge on any atom is 0.325 e. The molecule has 4 rings (SSSR count). The van der Waals surface area contributed by atoms with Gasteiger partial charge >= 0.3 is 6.03 Å². The first kappa shape index (κ1) is 17.2. The molecule has 1 aromatic carbocycles. The molecule has 0 unspecified atom stereocenters. The summed E-state index contributed by atoms with van der Waals surface area (Å²) in [6.45, 7) is 2.17. The number of urea groups is 1. The molecule has 3 amide bonds. The summed E-state index contributed by atoms with van der Waals surface area (Å²) in [6.07, 6.45) is 3.24. The van der Waals surface area contributed by atoms with E-state index in [2.05, 4.69) is 38.4 Å². The Bertz CT molecular complexity index is 840. The molecule has 1 aliphatic heterocycles. The third-order valence-electron chi connectivity index (χ3n) is 5.23. The van der Waals surface area contributed by atoms with E-state index in [0.717, 1.165) is 22.9 Å². The van der Waals surface area contributed by atoms with Crippen LogP contribution >= 0.6 is 15.9 Å². The van der Waals surface area contributed by atoms with Crippen LogP contribution in [0.25, 0.3) is 11.5 Å². The number of imide groups is 1. The smallest absolute Gasteiger partial charge is 0.325 e. The van der Waals surface area contributed by atoms with E-state index >= 15 is 0 Å². The van der Waals surface area contributed by atoms with Crippen LogP contribution in [0.1, 0.15) is 38.5 Å². The van der Waals surface area contributed by atoms with E-state index in [4.69, 9.17) is 4.42 Å². The van der Waals surface area contributed by atoms with Crippen LogP contribution in [-0.2, 0) is 11.3 Å². The Labute approximate surface area is 159 Å². The molecule has 1 N–H and O–H groups in total. The maximum absolute atomic E-state index is 12.9. The quantitative estimate of drug-likeness (QED) is 0.770. The highest BCUT2D eigenvalue weighted by atomic mass is 79.9. The second kappa shape index (κ2) is 6.50. The molecule has 8 heteroatoms. The molecule has 1 aromatic heterocycles. The van der Waals surface area contributed by atoms with Gasteiger partial charge in [-0.3, -0.25) is 9.69 Å². The van der Waals surface area contributed by atoms with Crippen LogP contribution in [0.4, 0.5) is 4.79 Å². The molecule has 0 bridgehead atoms. The first-order valence-electron chi connectivity index (χ1n) is 8.69. The molecule has 1 saturated heterocycles. The van der Waals surface area contributed by atoms with Gasteiger partial charge in [0.15, 0.2) is 0 Å². The van der Waals surface area contributed by atoms with E-state index in [0.29, 0.717) is 24.7 Å². The Morgan fingerprint density at radius 3 is 2.62 bits per heavy atom. The van der Waals surface area contributed by atoms with Gasteiger partial charge in [0.2, 0.25) is 11.8 Å². The number of rotatable bonds is 3. The number of nitrogens with zero attached hydrogens (tertiary/aromatic N) is 3. The molecule has 1 aliphatic carbocycles. The van der Waals surface area contributed by atoms with Gasteiger partial charge in [-0.2, -0.15) is 0 Å². The summed E-state index contributed by atoms with van der Waals surface area (Å²) in [6, 6.07) is 7.09. The molecule has 2 heterocycles. The number of halogens is 1. The third kappa shape index (κ3) is 3.02. The summed E-state index contributed by atoms with van der Waals surface area (Å²) in [5.74, 6) is 1.01. The van der Waals surface area contributed by atoms with Gasteiger partial charge in [0.25, 0.3) is 5.91 Å². The number of carbonyl (C=O) groups excluding carboxylic acids is 2. The minimum atomic E-state index is -0.752. The van der Waals surface area contributed by atoms with Gasteiger partial charge in [-0.15, -0.1) is 10.2 Å². The van der Waals surface area contributed by atoms with Gasteiger partial charge in [-0.1, -0.05) is 22.9 Å². The minimum absolute atomic E-state index is 0.00843. The highest BCUT2D eigenvalue weighted by molar-refractivity contribution is 9.10. The van der Waals surface area contributed by atoms with Crippen molar-refractivity contribution in [3.8, 4) is 11.5 Å². The predicted molar refractivity (Wildman–Crippen MR) is 96.9 cm³/mol. The highest BCUT2D eigenvalue weighted by Crippen LogP contribution is 2.36. The SMILES string of the molecule is CC1CCC2(CC1)NC(=O)N(Cc1nnc(-c3ccc(Br)cc3)o1)C2=O. The molecule has 136 valence electrons. The lowest BCUT2D eigenvalue weighted by Crippen LogP contribution is -2.49. The number of benzene rings is 1. The van der Waals surface area contributed by atoms with Crippen molar-refractivity contribution >= 4 is 27.9 Å². The summed E-state index contributed by atoms with van der Waals surface area (Å²) in [5, 5.41) is 10.9. The molecule has 2 aromatic rings. The van der Waals surface area contributed by atoms with E-state index in [9.17, 15) is 9.59 Å². The number of carbonyl (C=O) groups is 2. The van der Waals surface area contributed by atoms with Crippen molar-refractivity contribution in [1.82, 2.24) is 20.4 Å². The van der Waals surface area contributed by atoms with Crippen LogP contribution in [0.15, 0.2) is 33.2 Å². The van der Waals surface area contributed by atoms with Gasteiger partial charge in [0.1, 0.15) is 12.1 Å². The zero-order chi connectivity index (χ0) is 18.3. The van der Waals surface area contributed by atoms with E-state index in [1.54, 1.807) is 0 Å². The fourth-order valence-electron chi connectivity index (χ4n) is 3.58. The molecular formula is C18H19BrN4O3. The third-order valence-corrected chi connectivity index (χ3v) is 5.75. The van der Waals surface area contributed by atoms with Crippen LogP contribution in [0.5, 0.6) is 0 Å². The second-order valence-electron chi connectivity index (χ2n) is 7.09. The fraction of sp³-hybridized carbons (Fsp3) is 0.444. The van der Waals surface area contributed by atoms with E-state index < -0.39 is 5.54 Å². The van der Waals surface area contributed by atoms with Gasteiger partial charge in [-0.05, 0) is 55.9 Å². The average molecular weight is 419 g/mol. The van der Waals surface area contributed by atoms with Crippen LogP contribution in [-0.4, -0.2) is 32.6 Å². The molecular weight excluding hydrogens is 400 g/mol. The Morgan fingerprint density at radius 1 is 1.23 bits per heavy atom. The molecule has 1 spiro atoms. The molecule has 1 saturated carbocycles. The molecule has 7 nitrogen and oxygen atoms in total. The van der Waals surface area contributed by atoms with Crippen molar-refractivity contribution in [3.63, 3.8) is 0 Å². The fourth-order valence-corrected chi connectivity index (χ4v) is 3.84. The van der Waals surface area contributed by atoms with Gasteiger partial charge in [-0.25, -0.2) is 4.79 Å². The Morgan fingerprint density at radius 2 is 1.92 bits per heavy atom. The lowest BCUT2D eigenvalue weighted by Gasteiger charge is -2.33. The van der Waals surface area contributed by atoms with Crippen molar-refractivity contribution in [2.75, 3.05) is 0 Å². The molecule has 26 heavy (non-hydrogen) atoms. The van der Waals surface area contributed by atoms with Crippen molar-refractivity contribution in [1.29, 1.82) is 0 Å². The minimum Gasteiger partial charge on any atom is -0.419 e. The maximum atomic E-state index is 12.9. The van der Waals surface area contributed by atoms with Crippen molar-refractivity contribution in [2.24, 2.45) is 5.92 Å². The van der Waals surface area contributed by atoms with Gasteiger partial charge in [0, 0.05) is 10.0 Å². The summed E-state index contributed by atoms with van der Waals surface area (Å²) >= 11 is 3.38. The zero-order valence-electron chi connectivity index (χ0n) is 14.4. The van der Waals surface area contributed by atoms with Crippen molar-refractivity contribution in [3.05, 3.63) is 34.6 Å². The lowest BCUT2D eigenvalue weighted by molar-refractivity contribution is -0.133. The van der Waals surface area contributed by atoms with Crippen LogP contribution < -0.4 is 5.32 Å². The van der Waals surface area contributed by atoms with Gasteiger partial charge in [0.05, 0.1) is 0 Å². The topological polar surface area (TPSA) is 88.3 Å². The monoisotopic (exact) mass is 418 g/mol. The van der Waals surface area contributed by atoms with E-state index in [1.807, 2.05) is 24.3 Å². The van der Waals surface area contributed by atoms with Crippen LogP contribution in [0.2, 0.25) is 0 Å². The number of hydrogen-bond acceptors (Lipinski definition) is 5. The lowest BCUT2D eigenvalue weighted by atomic mass is 9.77. The predicted octanol–water partition coefficient (Wildman–Crippen LogP) is 3.50. The molecule has 0 radical (unpaired) electrons. The average Bonchev–Trinajstić information content (AvgIpc) is 3.18. The highest BCUT2D eigenvalue weighted by Gasteiger charge is 2.52. The number of amides is 3. The summed E-state index contributed by atoms with van der Waals surface area (Å²) in [5.41, 5.74) is 0.0277.